The number of anilines is 1. The maximum Gasteiger partial charge on any atom is 0.328 e. The third-order valence-electron chi connectivity index (χ3n) is 7.79. The van der Waals surface area contributed by atoms with E-state index in [1.165, 1.54) is 21.3 Å². The van der Waals surface area contributed by atoms with E-state index in [0.717, 1.165) is 5.56 Å². The lowest BCUT2D eigenvalue weighted by molar-refractivity contribution is -0.145. The van der Waals surface area contributed by atoms with Crippen LogP contribution in [0, 0.1) is 13.8 Å². The molecule has 2 heterocycles. The van der Waals surface area contributed by atoms with Crippen molar-refractivity contribution >= 4 is 53.0 Å². The summed E-state index contributed by atoms with van der Waals surface area (Å²) in [6.07, 6.45) is 1.67. The molecule has 2 aromatic carbocycles. The predicted molar refractivity (Wildman–Crippen MR) is 171 cm³/mol. The average Bonchev–Trinajstić information content (AvgIpc) is 3.54. The van der Waals surface area contributed by atoms with Gasteiger partial charge < -0.3 is 35.1 Å². The number of aryl methyl sites for hydroxylation is 1. The molecule has 13 heteroatoms. The Kier molecular flexibility index (Phi) is 10.9. The van der Waals surface area contributed by atoms with Crippen molar-refractivity contribution in [3.63, 3.8) is 0 Å². The first-order valence-corrected chi connectivity index (χ1v) is 14.7. The summed E-state index contributed by atoms with van der Waals surface area (Å²) in [5.74, 6) is -3.38. The fraction of sp³-hybridized carbons (Fsp3) is 0.294. The minimum Gasteiger partial charge on any atom is -0.469 e. The molecule has 2 atom stereocenters. The number of fused-ring (bicyclic) bond motifs is 1. The zero-order valence-corrected chi connectivity index (χ0v) is 26.6. The van der Waals surface area contributed by atoms with E-state index in [0.29, 0.717) is 28.2 Å². The molecule has 0 bridgehead atoms. The number of hydrogen-bond acceptors (Lipinski definition) is 9. The van der Waals surface area contributed by atoms with Gasteiger partial charge in [-0.2, -0.15) is 0 Å². The van der Waals surface area contributed by atoms with E-state index in [4.69, 9.17) is 9.47 Å². The van der Waals surface area contributed by atoms with Crippen molar-refractivity contribution in [2.75, 3.05) is 26.6 Å². The van der Waals surface area contributed by atoms with E-state index in [9.17, 15) is 28.8 Å². The van der Waals surface area contributed by atoms with Crippen molar-refractivity contribution in [2.45, 2.75) is 45.2 Å². The zero-order valence-electron chi connectivity index (χ0n) is 26.6. The Balaban J connectivity index is 1.58. The maximum atomic E-state index is 13.3. The second-order valence-electron chi connectivity index (χ2n) is 10.8. The molecule has 4 N–H and O–H groups in total. The Bertz CT molecular complexity index is 1740. The molecule has 0 saturated carbocycles. The topological polar surface area (TPSA) is 182 Å². The summed E-state index contributed by atoms with van der Waals surface area (Å²) < 4.78 is 14.3. The Morgan fingerprint density at radius 3 is 2.17 bits per heavy atom. The Morgan fingerprint density at radius 2 is 1.51 bits per heavy atom. The lowest BCUT2D eigenvalue weighted by Gasteiger charge is -2.17. The second kappa shape index (κ2) is 15.0. The molecule has 0 fully saturated rings. The van der Waals surface area contributed by atoms with Gasteiger partial charge in [-0.3, -0.25) is 19.2 Å². The average molecular weight is 645 g/mol. The van der Waals surface area contributed by atoms with E-state index in [2.05, 4.69) is 25.7 Å². The maximum absolute atomic E-state index is 13.3. The molecule has 3 aromatic rings. The van der Waals surface area contributed by atoms with Crippen molar-refractivity contribution in [3.05, 3.63) is 87.7 Å². The van der Waals surface area contributed by atoms with Crippen LogP contribution in [0.1, 0.15) is 61.6 Å². The summed E-state index contributed by atoms with van der Waals surface area (Å²) in [5, 5.41) is 8.13. The number of ether oxygens (including phenoxy) is 3. The zero-order chi connectivity index (χ0) is 34.2. The van der Waals surface area contributed by atoms with E-state index in [-0.39, 0.29) is 36.0 Å². The highest BCUT2D eigenvalue weighted by Gasteiger charge is 2.30. The fourth-order valence-corrected chi connectivity index (χ4v) is 5.29. The van der Waals surface area contributed by atoms with Gasteiger partial charge in [0.1, 0.15) is 12.1 Å². The van der Waals surface area contributed by atoms with Crippen molar-refractivity contribution < 1.29 is 43.0 Å². The summed E-state index contributed by atoms with van der Waals surface area (Å²) in [5.41, 5.74) is 3.91. The quantitative estimate of drug-likeness (QED) is 0.131. The number of benzene rings is 2. The molecule has 246 valence electrons. The van der Waals surface area contributed by atoms with Gasteiger partial charge in [-0.15, -0.1) is 0 Å². The lowest BCUT2D eigenvalue weighted by Crippen LogP contribution is -2.43. The van der Waals surface area contributed by atoms with E-state index >= 15 is 0 Å². The number of amides is 3. The summed E-state index contributed by atoms with van der Waals surface area (Å²) in [6, 6.07) is 11.9. The molecule has 0 unspecified atom stereocenters. The monoisotopic (exact) mass is 644 g/mol. The Labute approximate surface area is 271 Å². The SMILES string of the molecule is COC(=O)CC[C@H](NC(=O)c1c(C)[nH]c(/C=C2\C(=O)Nc3ccc(C(=O)N[C@@H](Cc4ccccc4)C(=O)OC)cc32)c1C)C(=O)OC. The van der Waals surface area contributed by atoms with Crippen molar-refractivity contribution in [1.82, 2.24) is 15.6 Å². The molecular formula is C34H36N4O9. The number of carbonyl (C=O) groups excluding carboxylic acids is 6. The van der Waals surface area contributed by atoms with Crippen LogP contribution in [0.3, 0.4) is 0 Å². The van der Waals surface area contributed by atoms with Crippen LogP contribution in [0.4, 0.5) is 5.69 Å². The fourth-order valence-electron chi connectivity index (χ4n) is 5.29. The van der Waals surface area contributed by atoms with Crippen LogP contribution >= 0.6 is 0 Å². The first-order valence-electron chi connectivity index (χ1n) is 14.7. The Hall–Kier alpha value is -5.72. The molecular weight excluding hydrogens is 608 g/mol. The van der Waals surface area contributed by atoms with Crippen LogP contribution < -0.4 is 16.0 Å². The van der Waals surface area contributed by atoms with Gasteiger partial charge >= 0.3 is 17.9 Å². The molecule has 0 radical (unpaired) electrons. The summed E-state index contributed by atoms with van der Waals surface area (Å²) in [6.45, 7) is 3.35. The van der Waals surface area contributed by atoms with Gasteiger partial charge in [-0.1, -0.05) is 30.3 Å². The van der Waals surface area contributed by atoms with Gasteiger partial charge in [-0.25, -0.2) is 9.59 Å². The third-order valence-corrected chi connectivity index (χ3v) is 7.79. The van der Waals surface area contributed by atoms with E-state index in [1.54, 1.807) is 38.1 Å². The molecule has 0 aliphatic carbocycles. The van der Waals surface area contributed by atoms with Crippen molar-refractivity contribution in [2.24, 2.45) is 0 Å². The highest BCUT2D eigenvalue weighted by atomic mass is 16.5. The van der Waals surface area contributed by atoms with Gasteiger partial charge in [-0.05, 0) is 55.7 Å². The van der Waals surface area contributed by atoms with E-state index in [1.807, 2.05) is 30.3 Å². The molecule has 3 amide bonds. The van der Waals surface area contributed by atoms with Crippen molar-refractivity contribution in [1.29, 1.82) is 0 Å². The summed E-state index contributed by atoms with van der Waals surface area (Å²) in [7, 11) is 3.65. The minimum atomic E-state index is -1.09. The van der Waals surface area contributed by atoms with Crippen LogP contribution in [0.5, 0.6) is 0 Å². The predicted octanol–water partition coefficient (Wildman–Crippen LogP) is 2.86. The van der Waals surface area contributed by atoms with Gasteiger partial charge in [0.15, 0.2) is 0 Å². The van der Waals surface area contributed by atoms with Gasteiger partial charge in [0.05, 0.1) is 32.5 Å². The van der Waals surface area contributed by atoms with Crippen LogP contribution in [-0.4, -0.2) is 74.0 Å². The highest BCUT2D eigenvalue weighted by molar-refractivity contribution is 6.35. The molecule has 1 aliphatic rings. The number of rotatable bonds is 12. The standard InChI is InChI=1S/C34H36N4O9/c1-18-26(35-19(2)29(18)32(42)37-25(33(43)46-4)13-14-28(39)45-3)17-23-22-16-21(11-12-24(22)36-31(23)41)30(40)38-27(34(44)47-5)15-20-9-7-6-8-10-20/h6-12,16-17,25,27,35H,13-15H2,1-5H3,(H,36,41)(H,37,42)(H,38,40)/b23-17-/t25-,27-/m0/s1. The molecule has 47 heavy (non-hydrogen) atoms. The number of aromatic nitrogens is 1. The second-order valence-corrected chi connectivity index (χ2v) is 10.8. The minimum absolute atomic E-state index is 0.0238. The first-order chi connectivity index (χ1) is 22.5. The molecule has 1 aromatic heterocycles. The smallest absolute Gasteiger partial charge is 0.328 e. The number of H-pyrrole nitrogens is 1. The molecule has 0 spiro atoms. The van der Waals surface area contributed by atoms with E-state index < -0.39 is 47.7 Å². The molecule has 0 saturated heterocycles. The third kappa shape index (κ3) is 7.93. The van der Waals surface area contributed by atoms with Gasteiger partial charge in [0.2, 0.25) is 0 Å². The van der Waals surface area contributed by atoms with Gasteiger partial charge in [0.25, 0.3) is 17.7 Å². The number of aromatic amines is 1. The Morgan fingerprint density at radius 1 is 0.851 bits per heavy atom. The summed E-state index contributed by atoms with van der Waals surface area (Å²) in [4.78, 5) is 79.2. The number of nitrogens with one attached hydrogen (secondary N) is 4. The largest absolute Gasteiger partial charge is 0.469 e. The number of esters is 3. The highest BCUT2D eigenvalue weighted by Crippen LogP contribution is 2.35. The normalized spacial score (nSPS) is 14.0. The summed E-state index contributed by atoms with van der Waals surface area (Å²) >= 11 is 0. The molecule has 1 aliphatic heterocycles. The number of hydrogen-bond donors (Lipinski definition) is 4. The number of methoxy groups -OCH3 is 3. The lowest BCUT2D eigenvalue weighted by atomic mass is 10.0. The molecule has 4 rings (SSSR count). The van der Waals surface area contributed by atoms with Crippen molar-refractivity contribution in [3.8, 4) is 0 Å². The van der Waals surface area contributed by atoms with Gasteiger partial charge in [0, 0.05) is 41.0 Å². The van der Waals surface area contributed by atoms with Crippen LogP contribution in [0.15, 0.2) is 48.5 Å². The van der Waals surface area contributed by atoms with Crippen LogP contribution in [0.2, 0.25) is 0 Å². The molecule has 13 nitrogen and oxygen atoms in total. The first kappa shape index (κ1) is 34.2. The van der Waals surface area contributed by atoms with Crippen LogP contribution in [-0.2, 0) is 39.8 Å². The number of carbonyl (C=O) groups is 6. The van der Waals surface area contributed by atoms with Crippen LogP contribution in [0.25, 0.3) is 11.6 Å².